The van der Waals surface area contributed by atoms with Crippen molar-refractivity contribution in [3.05, 3.63) is 60.2 Å². The molecule has 0 radical (unpaired) electrons. The Labute approximate surface area is 158 Å². The highest BCUT2D eigenvalue weighted by Gasteiger charge is 2.31. The maximum absolute atomic E-state index is 12.3. The molecule has 1 unspecified atom stereocenters. The van der Waals surface area contributed by atoms with Gasteiger partial charge >= 0.3 is 0 Å². The van der Waals surface area contributed by atoms with Gasteiger partial charge < -0.3 is 10.1 Å². The van der Waals surface area contributed by atoms with Crippen LogP contribution in [0.15, 0.2) is 69.8 Å². The van der Waals surface area contributed by atoms with Crippen molar-refractivity contribution in [1.82, 2.24) is 4.98 Å². The van der Waals surface area contributed by atoms with Crippen molar-refractivity contribution in [3.8, 4) is 5.88 Å². The Balaban J connectivity index is 1.47. The van der Waals surface area contributed by atoms with Gasteiger partial charge in [-0.25, -0.2) is 0 Å². The van der Waals surface area contributed by atoms with Crippen LogP contribution in [0.3, 0.4) is 0 Å². The van der Waals surface area contributed by atoms with Crippen molar-refractivity contribution >= 4 is 45.2 Å². The van der Waals surface area contributed by atoms with Crippen molar-refractivity contribution < 1.29 is 14.7 Å². The van der Waals surface area contributed by atoms with E-state index >= 15 is 0 Å². The van der Waals surface area contributed by atoms with Gasteiger partial charge in [-0.1, -0.05) is 60.3 Å². The van der Waals surface area contributed by atoms with Gasteiger partial charge in [-0.2, -0.15) is 4.99 Å². The molecule has 2 heterocycles. The number of benzene rings is 2. The van der Waals surface area contributed by atoms with Crippen LogP contribution in [0.5, 0.6) is 5.88 Å². The molecule has 1 amide bonds. The fourth-order valence-electron chi connectivity index (χ4n) is 2.76. The summed E-state index contributed by atoms with van der Waals surface area (Å²) in [7, 11) is 0. The number of amides is 1. The molecule has 0 spiro atoms. The Morgan fingerprint density at radius 3 is 2.67 bits per heavy atom. The largest absolute Gasteiger partial charge is 0.493 e. The zero-order chi connectivity index (χ0) is 18.8. The summed E-state index contributed by atoms with van der Waals surface area (Å²) in [5, 5.41) is 18.3. The predicted octanol–water partition coefficient (Wildman–Crippen LogP) is 4.23. The lowest BCUT2D eigenvalue weighted by atomic mass is 10.1. The molecule has 1 aliphatic rings. The smallest absolute Gasteiger partial charge is 0.262 e. The molecule has 0 saturated carbocycles. The number of nitrogens with one attached hydrogen (secondary N) is 1. The first kappa shape index (κ1) is 17.2. The van der Waals surface area contributed by atoms with Crippen molar-refractivity contribution in [2.45, 2.75) is 11.7 Å². The molecule has 3 aromatic rings. The standard InChI is InChI=1S/C19H14N4O3S/c24-14(11-6-2-1-3-7-11)10-15-17(25)21-19(27-15)23-22-16-12-8-4-5-9-13(12)20-18(16)26/h1-9,15,20,26H,10H2. The normalized spacial score (nSPS) is 17.0. The number of amidine groups is 1. The Bertz CT molecular complexity index is 1090. The number of nitrogens with zero attached hydrogens (tertiary/aromatic N) is 3. The number of carbonyl (C=O) groups is 2. The lowest BCUT2D eigenvalue weighted by Crippen LogP contribution is -2.16. The van der Waals surface area contributed by atoms with Crippen LogP contribution < -0.4 is 0 Å². The SMILES string of the molecule is O=C(CC1SC(N=Nc2c(O)[nH]c3ccccc23)=NC1=O)c1ccccc1. The molecule has 0 fully saturated rings. The first-order valence-electron chi connectivity index (χ1n) is 8.20. The van der Waals surface area contributed by atoms with Crippen LogP contribution in [0.4, 0.5) is 5.69 Å². The fraction of sp³-hybridized carbons (Fsp3) is 0.105. The highest BCUT2D eigenvalue weighted by atomic mass is 32.2. The topological polar surface area (TPSA) is 107 Å². The Morgan fingerprint density at radius 2 is 1.85 bits per heavy atom. The first-order chi connectivity index (χ1) is 13.1. The summed E-state index contributed by atoms with van der Waals surface area (Å²) in [5.74, 6) is -0.629. The number of ketones is 1. The fourth-order valence-corrected chi connectivity index (χ4v) is 3.64. The van der Waals surface area contributed by atoms with Crippen molar-refractivity contribution in [2.75, 3.05) is 0 Å². The molecule has 2 aromatic carbocycles. The van der Waals surface area contributed by atoms with Gasteiger partial charge in [-0.3, -0.25) is 9.59 Å². The van der Waals surface area contributed by atoms with Crippen LogP contribution in [0.1, 0.15) is 16.8 Å². The number of fused-ring (bicyclic) bond motifs is 1. The second-order valence-corrected chi connectivity index (χ2v) is 7.07. The maximum Gasteiger partial charge on any atom is 0.262 e. The van der Waals surface area contributed by atoms with E-state index in [2.05, 4.69) is 20.2 Å². The summed E-state index contributed by atoms with van der Waals surface area (Å²) in [4.78, 5) is 31.0. The zero-order valence-electron chi connectivity index (χ0n) is 14.0. The van der Waals surface area contributed by atoms with Gasteiger partial charge in [0.15, 0.2) is 11.5 Å². The minimum absolute atomic E-state index is 0.0500. The van der Waals surface area contributed by atoms with E-state index in [4.69, 9.17) is 0 Å². The quantitative estimate of drug-likeness (QED) is 0.523. The first-order valence-corrected chi connectivity index (χ1v) is 9.08. The van der Waals surface area contributed by atoms with Crippen molar-refractivity contribution in [2.24, 2.45) is 15.2 Å². The summed E-state index contributed by atoms with van der Waals surface area (Å²) >= 11 is 1.10. The Kier molecular flexibility index (Phi) is 4.55. The molecular weight excluding hydrogens is 364 g/mol. The molecule has 27 heavy (non-hydrogen) atoms. The van der Waals surface area contributed by atoms with E-state index in [0.29, 0.717) is 10.9 Å². The Morgan fingerprint density at radius 1 is 1.11 bits per heavy atom. The molecule has 7 nitrogen and oxygen atoms in total. The van der Waals surface area contributed by atoms with Crippen molar-refractivity contribution in [3.63, 3.8) is 0 Å². The van der Waals surface area contributed by atoms with E-state index in [9.17, 15) is 14.7 Å². The number of carbonyl (C=O) groups excluding carboxylic acids is 2. The number of aromatic nitrogens is 1. The zero-order valence-corrected chi connectivity index (χ0v) is 14.8. The van der Waals surface area contributed by atoms with E-state index in [-0.39, 0.29) is 28.9 Å². The molecule has 8 heteroatoms. The maximum atomic E-state index is 12.3. The number of H-pyrrole nitrogens is 1. The third kappa shape index (κ3) is 3.52. The number of hydrogen-bond donors (Lipinski definition) is 2. The third-order valence-corrected chi connectivity index (χ3v) is 5.13. The van der Waals surface area contributed by atoms with Crippen LogP contribution in [0.25, 0.3) is 10.9 Å². The van der Waals surface area contributed by atoms with Gasteiger partial charge in [0.05, 0.1) is 5.52 Å². The van der Waals surface area contributed by atoms with Crippen LogP contribution in [-0.2, 0) is 4.79 Å². The molecule has 1 aromatic heterocycles. The number of aliphatic imine (C=N–C) groups is 1. The predicted molar refractivity (Wildman–Crippen MR) is 104 cm³/mol. The summed E-state index contributed by atoms with van der Waals surface area (Å²) in [6.07, 6.45) is 0.0500. The number of para-hydroxylation sites is 1. The van der Waals surface area contributed by atoms with E-state index in [1.165, 1.54) is 0 Å². The van der Waals surface area contributed by atoms with Gasteiger partial charge in [0, 0.05) is 17.4 Å². The second-order valence-electron chi connectivity index (χ2n) is 5.90. The monoisotopic (exact) mass is 378 g/mol. The number of aromatic amines is 1. The van der Waals surface area contributed by atoms with Crippen LogP contribution in [0.2, 0.25) is 0 Å². The number of Topliss-reactive ketones (excluding diaryl/α,β-unsaturated/α-hetero) is 1. The summed E-state index contributed by atoms with van der Waals surface area (Å²) in [6, 6.07) is 16.1. The van der Waals surface area contributed by atoms with E-state index in [1.807, 2.05) is 24.3 Å². The molecule has 134 valence electrons. The Hall–Kier alpha value is -3.26. The average Bonchev–Trinajstić information content (AvgIpc) is 3.19. The van der Waals surface area contributed by atoms with Gasteiger partial charge in [-0.15, -0.1) is 10.2 Å². The van der Waals surface area contributed by atoms with Crippen molar-refractivity contribution in [1.29, 1.82) is 0 Å². The van der Waals surface area contributed by atoms with Crippen LogP contribution >= 0.6 is 11.8 Å². The molecule has 1 atom stereocenters. The number of hydrogen-bond acceptors (Lipinski definition) is 6. The minimum Gasteiger partial charge on any atom is -0.493 e. The average molecular weight is 378 g/mol. The van der Waals surface area contributed by atoms with Crippen LogP contribution in [0, 0.1) is 0 Å². The highest BCUT2D eigenvalue weighted by Crippen LogP contribution is 2.36. The number of thioether (sulfide) groups is 1. The summed E-state index contributed by atoms with van der Waals surface area (Å²) in [6.45, 7) is 0. The van der Waals surface area contributed by atoms with E-state index in [0.717, 1.165) is 17.3 Å². The van der Waals surface area contributed by atoms with Crippen LogP contribution in [-0.4, -0.2) is 32.2 Å². The minimum atomic E-state index is -0.608. The molecule has 2 N–H and O–H groups in total. The molecule has 0 saturated heterocycles. The molecule has 4 rings (SSSR count). The lowest BCUT2D eigenvalue weighted by Gasteiger charge is -2.04. The highest BCUT2D eigenvalue weighted by molar-refractivity contribution is 8.15. The molecular formula is C19H14N4O3S. The number of aromatic hydroxyl groups is 1. The molecule has 0 aliphatic carbocycles. The van der Waals surface area contributed by atoms with Gasteiger partial charge in [0.1, 0.15) is 5.25 Å². The van der Waals surface area contributed by atoms with Gasteiger partial charge in [0.2, 0.25) is 11.0 Å². The molecule has 0 bridgehead atoms. The van der Waals surface area contributed by atoms with Gasteiger partial charge in [-0.05, 0) is 6.07 Å². The van der Waals surface area contributed by atoms with E-state index in [1.54, 1.807) is 30.3 Å². The lowest BCUT2D eigenvalue weighted by molar-refractivity contribution is -0.117. The molecule has 1 aliphatic heterocycles. The van der Waals surface area contributed by atoms with E-state index < -0.39 is 11.2 Å². The second kappa shape index (κ2) is 7.16. The number of azo groups is 1. The summed E-state index contributed by atoms with van der Waals surface area (Å²) in [5.41, 5.74) is 1.57. The van der Waals surface area contributed by atoms with Gasteiger partial charge in [0.25, 0.3) is 5.91 Å². The summed E-state index contributed by atoms with van der Waals surface area (Å²) < 4.78 is 0. The number of rotatable bonds is 4. The third-order valence-electron chi connectivity index (χ3n) is 4.09.